The van der Waals surface area contributed by atoms with Crippen LogP contribution in [0.25, 0.3) is 0 Å². The summed E-state index contributed by atoms with van der Waals surface area (Å²) in [4.78, 5) is 23.7. The Morgan fingerprint density at radius 3 is 2.48 bits per heavy atom. The molecule has 4 N–H and O–H groups in total. The fourth-order valence-corrected chi connectivity index (χ4v) is 1.71. The highest BCUT2D eigenvalue weighted by Gasteiger charge is 2.19. The number of anilines is 1. The van der Waals surface area contributed by atoms with Crippen LogP contribution in [0.15, 0.2) is 36.9 Å². The first-order chi connectivity index (χ1) is 9.99. The van der Waals surface area contributed by atoms with Crippen LogP contribution >= 0.6 is 0 Å². The molecule has 21 heavy (non-hydrogen) atoms. The molecule has 0 fully saturated rings. The Bertz CT molecular complexity index is 497. The predicted molar refractivity (Wildman–Crippen MR) is 85.0 cm³/mol. The summed E-state index contributed by atoms with van der Waals surface area (Å²) in [6.07, 6.45) is 2.46. The molecule has 114 valence electrons. The molecule has 1 rings (SSSR count). The summed E-state index contributed by atoms with van der Waals surface area (Å²) in [6.45, 7) is 7.89. The van der Waals surface area contributed by atoms with E-state index in [1.54, 1.807) is 30.3 Å². The Balaban J connectivity index is 2.64. The Morgan fingerprint density at radius 2 is 1.95 bits per heavy atom. The molecule has 0 spiro atoms. The largest absolute Gasteiger partial charge is 0.349 e. The number of hydrogen-bond donors (Lipinski definition) is 3. The lowest BCUT2D eigenvalue weighted by atomic mass is 9.99. The molecule has 0 aliphatic heterocycles. The van der Waals surface area contributed by atoms with Crippen LogP contribution in [0, 0.1) is 5.92 Å². The molecule has 0 aliphatic rings. The van der Waals surface area contributed by atoms with E-state index in [1.807, 2.05) is 13.8 Å². The van der Waals surface area contributed by atoms with E-state index in [-0.39, 0.29) is 17.7 Å². The molecular formula is C16H23N3O2. The molecule has 0 radical (unpaired) electrons. The molecule has 2 atom stereocenters. The number of carbonyl (C=O) groups excluding carboxylic acids is 2. The molecule has 0 saturated heterocycles. The van der Waals surface area contributed by atoms with E-state index in [0.717, 1.165) is 6.42 Å². The SMILES string of the molecule is C=CCNC(=O)c1ccc(NC(=O)[C@@H](N)C(C)CC)cc1. The number of amides is 2. The van der Waals surface area contributed by atoms with Gasteiger partial charge < -0.3 is 16.4 Å². The fraction of sp³-hybridized carbons (Fsp3) is 0.375. The number of rotatable bonds is 7. The van der Waals surface area contributed by atoms with Crippen molar-refractivity contribution in [1.82, 2.24) is 5.32 Å². The van der Waals surface area contributed by atoms with Crippen LogP contribution in [0.1, 0.15) is 30.6 Å². The molecule has 0 saturated carbocycles. The Hall–Kier alpha value is -2.14. The lowest BCUT2D eigenvalue weighted by Gasteiger charge is -2.17. The van der Waals surface area contributed by atoms with Crippen molar-refractivity contribution < 1.29 is 9.59 Å². The van der Waals surface area contributed by atoms with Gasteiger partial charge in [0.05, 0.1) is 6.04 Å². The van der Waals surface area contributed by atoms with Gasteiger partial charge in [0.1, 0.15) is 0 Å². The zero-order valence-corrected chi connectivity index (χ0v) is 12.6. The maximum Gasteiger partial charge on any atom is 0.251 e. The van der Waals surface area contributed by atoms with Crippen molar-refractivity contribution in [2.24, 2.45) is 11.7 Å². The molecule has 0 aliphatic carbocycles. The van der Waals surface area contributed by atoms with Crippen LogP contribution in [0.2, 0.25) is 0 Å². The van der Waals surface area contributed by atoms with Crippen molar-refractivity contribution in [1.29, 1.82) is 0 Å². The van der Waals surface area contributed by atoms with E-state index in [0.29, 0.717) is 17.8 Å². The van der Waals surface area contributed by atoms with Gasteiger partial charge in [0, 0.05) is 17.8 Å². The van der Waals surface area contributed by atoms with Crippen molar-refractivity contribution in [2.75, 3.05) is 11.9 Å². The van der Waals surface area contributed by atoms with Gasteiger partial charge >= 0.3 is 0 Å². The van der Waals surface area contributed by atoms with Crippen molar-refractivity contribution in [3.05, 3.63) is 42.5 Å². The smallest absolute Gasteiger partial charge is 0.251 e. The summed E-state index contributed by atoms with van der Waals surface area (Å²) < 4.78 is 0. The van der Waals surface area contributed by atoms with E-state index in [1.165, 1.54) is 0 Å². The lowest BCUT2D eigenvalue weighted by molar-refractivity contribution is -0.118. The lowest BCUT2D eigenvalue weighted by Crippen LogP contribution is -2.40. The molecule has 5 heteroatoms. The molecule has 0 heterocycles. The summed E-state index contributed by atoms with van der Waals surface area (Å²) in [5.41, 5.74) is 7.02. The molecule has 0 aromatic heterocycles. The summed E-state index contributed by atoms with van der Waals surface area (Å²) >= 11 is 0. The maximum absolute atomic E-state index is 11.9. The van der Waals surface area contributed by atoms with Gasteiger partial charge in [-0.3, -0.25) is 9.59 Å². The summed E-state index contributed by atoms with van der Waals surface area (Å²) in [6, 6.07) is 6.14. The van der Waals surface area contributed by atoms with E-state index >= 15 is 0 Å². The Morgan fingerprint density at radius 1 is 1.33 bits per heavy atom. The number of nitrogens with two attached hydrogens (primary N) is 1. The first-order valence-electron chi connectivity index (χ1n) is 7.05. The monoisotopic (exact) mass is 289 g/mol. The minimum absolute atomic E-state index is 0.119. The second-order valence-electron chi connectivity index (χ2n) is 4.98. The topological polar surface area (TPSA) is 84.2 Å². The van der Waals surface area contributed by atoms with Crippen LogP contribution in [0.5, 0.6) is 0 Å². The van der Waals surface area contributed by atoms with E-state index in [4.69, 9.17) is 5.73 Å². The van der Waals surface area contributed by atoms with Crippen molar-refractivity contribution in [3.8, 4) is 0 Å². The fourth-order valence-electron chi connectivity index (χ4n) is 1.71. The van der Waals surface area contributed by atoms with Crippen molar-refractivity contribution >= 4 is 17.5 Å². The number of carbonyl (C=O) groups is 2. The van der Waals surface area contributed by atoms with Crippen LogP contribution in [-0.2, 0) is 4.79 Å². The third-order valence-electron chi connectivity index (χ3n) is 3.38. The van der Waals surface area contributed by atoms with Gasteiger partial charge in [-0.1, -0.05) is 26.3 Å². The average molecular weight is 289 g/mol. The van der Waals surface area contributed by atoms with Crippen molar-refractivity contribution in [3.63, 3.8) is 0 Å². The van der Waals surface area contributed by atoms with Gasteiger partial charge in [0.15, 0.2) is 0 Å². The van der Waals surface area contributed by atoms with Crippen LogP contribution in [0.3, 0.4) is 0 Å². The standard InChI is InChI=1S/C16H23N3O2/c1-4-10-18-15(20)12-6-8-13(9-7-12)19-16(21)14(17)11(3)5-2/h4,6-9,11,14H,1,5,10,17H2,2-3H3,(H,18,20)(H,19,21)/t11?,14-/m0/s1. The van der Waals surface area contributed by atoms with E-state index in [2.05, 4.69) is 17.2 Å². The second kappa shape index (κ2) is 8.21. The van der Waals surface area contributed by atoms with Gasteiger partial charge in [-0.15, -0.1) is 6.58 Å². The highest BCUT2D eigenvalue weighted by Crippen LogP contribution is 2.12. The van der Waals surface area contributed by atoms with Gasteiger partial charge in [-0.05, 0) is 30.2 Å². The molecule has 1 unspecified atom stereocenters. The molecule has 2 amide bonds. The number of hydrogen-bond acceptors (Lipinski definition) is 3. The maximum atomic E-state index is 11.9. The molecule has 1 aromatic carbocycles. The van der Waals surface area contributed by atoms with Gasteiger partial charge in [-0.25, -0.2) is 0 Å². The number of benzene rings is 1. The van der Waals surface area contributed by atoms with Crippen molar-refractivity contribution in [2.45, 2.75) is 26.3 Å². The Labute approximate surface area is 125 Å². The van der Waals surface area contributed by atoms with Gasteiger partial charge in [0.2, 0.25) is 5.91 Å². The Kier molecular flexibility index (Phi) is 6.62. The molecular weight excluding hydrogens is 266 g/mol. The number of nitrogens with one attached hydrogen (secondary N) is 2. The van der Waals surface area contributed by atoms with Gasteiger partial charge in [0.25, 0.3) is 5.91 Å². The second-order valence-corrected chi connectivity index (χ2v) is 4.98. The minimum Gasteiger partial charge on any atom is -0.349 e. The average Bonchev–Trinajstić information content (AvgIpc) is 2.51. The first kappa shape index (κ1) is 16.9. The zero-order valence-electron chi connectivity index (χ0n) is 12.6. The van der Waals surface area contributed by atoms with E-state index < -0.39 is 6.04 Å². The van der Waals surface area contributed by atoms with E-state index in [9.17, 15) is 9.59 Å². The summed E-state index contributed by atoms with van der Waals surface area (Å²) in [5.74, 6) is -0.272. The van der Waals surface area contributed by atoms with Crippen LogP contribution in [0.4, 0.5) is 5.69 Å². The minimum atomic E-state index is -0.537. The predicted octanol–water partition coefficient (Wildman–Crippen LogP) is 1.91. The summed E-state index contributed by atoms with van der Waals surface area (Å²) in [7, 11) is 0. The highest BCUT2D eigenvalue weighted by atomic mass is 16.2. The first-order valence-corrected chi connectivity index (χ1v) is 7.05. The quantitative estimate of drug-likeness (QED) is 0.670. The third-order valence-corrected chi connectivity index (χ3v) is 3.38. The van der Waals surface area contributed by atoms with Crippen LogP contribution < -0.4 is 16.4 Å². The molecule has 5 nitrogen and oxygen atoms in total. The third kappa shape index (κ3) is 5.04. The normalized spacial score (nSPS) is 13.1. The highest BCUT2D eigenvalue weighted by molar-refractivity contribution is 5.97. The van der Waals surface area contributed by atoms with Gasteiger partial charge in [-0.2, -0.15) is 0 Å². The van der Waals surface area contributed by atoms with Crippen LogP contribution in [-0.4, -0.2) is 24.4 Å². The summed E-state index contributed by atoms with van der Waals surface area (Å²) in [5, 5.41) is 5.44. The zero-order chi connectivity index (χ0) is 15.8. The molecule has 0 bridgehead atoms. The molecule has 1 aromatic rings.